The smallest absolute Gasteiger partial charge is 0.346 e. The molecule has 2 aromatic carbocycles. The van der Waals surface area contributed by atoms with Gasteiger partial charge in [-0.3, -0.25) is 0 Å². The molecular formula is C18H20CuO. The van der Waals surface area contributed by atoms with Gasteiger partial charge in [-0.1, -0.05) is 51.1 Å². The maximum Gasteiger partial charge on any atom is 2.00 e. The summed E-state index contributed by atoms with van der Waals surface area (Å²) in [4.78, 5) is 11.8. The van der Waals surface area contributed by atoms with Gasteiger partial charge in [0.05, 0.1) is 0 Å². The van der Waals surface area contributed by atoms with Crippen molar-refractivity contribution in [3.63, 3.8) is 0 Å². The van der Waals surface area contributed by atoms with E-state index in [0.717, 1.165) is 0 Å². The molecule has 1 radical (unpaired) electrons. The van der Waals surface area contributed by atoms with Gasteiger partial charge in [-0.25, -0.2) is 0 Å². The second kappa shape index (κ2) is 8.73. The molecule has 0 fully saturated rings. The first-order valence-corrected chi connectivity index (χ1v) is 6.30. The van der Waals surface area contributed by atoms with Crippen LogP contribution in [-0.2, 0) is 17.1 Å². The molecule has 0 saturated heterocycles. The molecule has 0 bridgehead atoms. The zero-order chi connectivity index (χ0) is 14.3. The van der Waals surface area contributed by atoms with Gasteiger partial charge in [0.15, 0.2) is 0 Å². The molecule has 2 aromatic rings. The Morgan fingerprint density at radius 2 is 1.50 bits per heavy atom. The summed E-state index contributed by atoms with van der Waals surface area (Å²) in [6.45, 7) is 10.0. The Labute approximate surface area is 132 Å². The first kappa shape index (κ1) is 18.6. The van der Waals surface area contributed by atoms with Crippen LogP contribution in [0, 0.1) is 18.4 Å². The minimum absolute atomic E-state index is 0. The third-order valence-corrected chi connectivity index (χ3v) is 1.99. The number of carbonyl (C=O) groups is 1. The summed E-state index contributed by atoms with van der Waals surface area (Å²) >= 11 is 0. The third-order valence-electron chi connectivity index (χ3n) is 1.99. The molecule has 109 valence electrons. The molecule has 1 nitrogen and oxygen atoms in total. The molecular weight excluding hydrogens is 296 g/mol. The minimum Gasteiger partial charge on any atom is -0.346 e. The monoisotopic (exact) mass is 315 g/mol. The number of ketones is 1. The van der Waals surface area contributed by atoms with E-state index in [4.69, 9.17) is 0 Å². The summed E-state index contributed by atoms with van der Waals surface area (Å²) < 4.78 is 0. The minimum atomic E-state index is 0. The Bertz CT molecular complexity index is 450. The van der Waals surface area contributed by atoms with Crippen LogP contribution >= 0.6 is 0 Å². The molecule has 0 saturated carbocycles. The van der Waals surface area contributed by atoms with Crippen LogP contribution in [-0.4, -0.2) is 5.78 Å². The molecule has 0 atom stereocenters. The standard InChI is InChI=1S/C13H9O.C5H11.Cu/c14-13(11-7-3-1-4-8-11)12-9-5-2-6-10-12;1-5(2,3)4;/h1-9H;1H2,2-4H3;/q2*-1;+2. The Kier molecular flexibility index (Phi) is 8.13. The van der Waals surface area contributed by atoms with E-state index in [1.807, 2.05) is 42.5 Å². The number of hydrogen-bond donors (Lipinski definition) is 0. The summed E-state index contributed by atoms with van der Waals surface area (Å²) in [5, 5.41) is 0. The third kappa shape index (κ3) is 7.93. The molecule has 0 aromatic heterocycles. The molecule has 2 rings (SSSR count). The maximum atomic E-state index is 11.8. The van der Waals surface area contributed by atoms with Gasteiger partial charge in [0, 0.05) is 0 Å². The van der Waals surface area contributed by atoms with Crippen molar-refractivity contribution in [2.24, 2.45) is 5.41 Å². The van der Waals surface area contributed by atoms with Gasteiger partial charge in [0.25, 0.3) is 0 Å². The number of hydrogen-bond acceptors (Lipinski definition) is 1. The van der Waals surface area contributed by atoms with Crippen molar-refractivity contribution in [2.45, 2.75) is 20.8 Å². The average Bonchev–Trinajstić information content (AvgIpc) is 2.38. The normalized spacial score (nSPS) is 9.80. The first-order valence-electron chi connectivity index (χ1n) is 6.30. The van der Waals surface area contributed by atoms with E-state index in [2.05, 4.69) is 33.8 Å². The van der Waals surface area contributed by atoms with E-state index < -0.39 is 0 Å². The van der Waals surface area contributed by atoms with Crippen LogP contribution in [0.2, 0.25) is 0 Å². The Morgan fingerprint density at radius 3 is 1.95 bits per heavy atom. The van der Waals surface area contributed by atoms with Crippen LogP contribution in [0.25, 0.3) is 0 Å². The van der Waals surface area contributed by atoms with Crippen molar-refractivity contribution in [3.8, 4) is 0 Å². The van der Waals surface area contributed by atoms with Crippen LogP contribution < -0.4 is 0 Å². The summed E-state index contributed by atoms with van der Waals surface area (Å²) in [5.74, 6) is 0.0196. The summed E-state index contributed by atoms with van der Waals surface area (Å²) in [5.41, 5.74) is 1.56. The fraction of sp³-hybridized carbons (Fsp3) is 0.222. The van der Waals surface area contributed by atoms with Gasteiger partial charge < -0.3 is 11.7 Å². The van der Waals surface area contributed by atoms with E-state index >= 15 is 0 Å². The predicted molar refractivity (Wildman–Crippen MR) is 80.0 cm³/mol. The topological polar surface area (TPSA) is 17.1 Å². The molecule has 0 aliphatic rings. The van der Waals surface area contributed by atoms with Crippen molar-refractivity contribution in [1.29, 1.82) is 0 Å². The molecule has 0 N–H and O–H groups in total. The predicted octanol–water partition coefficient (Wildman–Crippen LogP) is 4.58. The average molecular weight is 316 g/mol. The molecule has 0 aliphatic heterocycles. The van der Waals surface area contributed by atoms with Crippen molar-refractivity contribution in [3.05, 3.63) is 78.7 Å². The Hall–Kier alpha value is -1.37. The summed E-state index contributed by atoms with van der Waals surface area (Å²) in [6.07, 6.45) is 0. The maximum absolute atomic E-state index is 11.8. The summed E-state index contributed by atoms with van der Waals surface area (Å²) in [7, 11) is 0. The first-order chi connectivity index (χ1) is 8.88. The van der Waals surface area contributed by atoms with Gasteiger partial charge in [0.1, 0.15) is 5.78 Å². The molecule has 20 heavy (non-hydrogen) atoms. The van der Waals surface area contributed by atoms with Gasteiger partial charge in [0.2, 0.25) is 0 Å². The fourth-order valence-corrected chi connectivity index (χ4v) is 1.28. The second-order valence-electron chi connectivity index (χ2n) is 5.53. The van der Waals surface area contributed by atoms with Crippen LogP contribution in [0.3, 0.4) is 0 Å². The summed E-state index contributed by atoms with van der Waals surface area (Å²) in [6, 6.07) is 19.4. The van der Waals surface area contributed by atoms with Crippen LogP contribution in [0.4, 0.5) is 0 Å². The van der Waals surface area contributed by atoms with E-state index in [0.29, 0.717) is 11.1 Å². The molecule has 0 heterocycles. The van der Waals surface area contributed by atoms with Crippen LogP contribution in [0.15, 0.2) is 54.6 Å². The van der Waals surface area contributed by atoms with Crippen molar-refractivity contribution < 1.29 is 21.9 Å². The van der Waals surface area contributed by atoms with Gasteiger partial charge in [-0.05, 0) is 5.56 Å². The second-order valence-corrected chi connectivity index (χ2v) is 5.53. The van der Waals surface area contributed by atoms with Crippen molar-refractivity contribution in [1.82, 2.24) is 0 Å². The zero-order valence-corrected chi connectivity index (χ0v) is 13.1. The molecule has 2 heteroatoms. The molecule has 0 amide bonds. The van der Waals surface area contributed by atoms with E-state index in [-0.39, 0.29) is 28.3 Å². The van der Waals surface area contributed by atoms with Crippen molar-refractivity contribution >= 4 is 5.78 Å². The Balaban J connectivity index is 0.000000526. The van der Waals surface area contributed by atoms with E-state index in [1.165, 1.54) is 0 Å². The zero-order valence-electron chi connectivity index (χ0n) is 12.1. The van der Waals surface area contributed by atoms with Crippen LogP contribution in [0.1, 0.15) is 36.7 Å². The van der Waals surface area contributed by atoms with Gasteiger partial charge in [-0.2, -0.15) is 5.41 Å². The largest absolute Gasteiger partial charge is 2.00 e. The number of rotatable bonds is 2. The van der Waals surface area contributed by atoms with Gasteiger partial charge in [-0.15, -0.1) is 35.9 Å². The molecule has 0 spiro atoms. The van der Waals surface area contributed by atoms with E-state index in [9.17, 15) is 4.79 Å². The SMILES string of the molecule is O=C(c1[c-]cccc1)c1ccccc1.[CH2-]C(C)(C)C.[Cu+2]. The van der Waals surface area contributed by atoms with Crippen LogP contribution in [0.5, 0.6) is 0 Å². The molecule has 0 unspecified atom stereocenters. The number of carbonyl (C=O) groups excluding carboxylic acids is 1. The van der Waals surface area contributed by atoms with Gasteiger partial charge >= 0.3 is 17.1 Å². The van der Waals surface area contributed by atoms with Crippen molar-refractivity contribution in [2.75, 3.05) is 0 Å². The number of benzene rings is 2. The Morgan fingerprint density at radius 1 is 1.00 bits per heavy atom. The fourth-order valence-electron chi connectivity index (χ4n) is 1.28. The molecule has 0 aliphatic carbocycles. The van der Waals surface area contributed by atoms with E-state index in [1.54, 1.807) is 12.1 Å². The quantitative estimate of drug-likeness (QED) is 0.450.